The van der Waals surface area contributed by atoms with Crippen molar-refractivity contribution in [3.05, 3.63) is 0 Å². The molecule has 2 heterocycles. The van der Waals surface area contributed by atoms with Gasteiger partial charge >= 0.3 is 0 Å². The van der Waals surface area contributed by atoms with Gasteiger partial charge in [0.15, 0.2) is 0 Å². The van der Waals surface area contributed by atoms with Crippen LogP contribution in [0, 0.1) is 5.92 Å². The molecule has 116 valence electrons. The van der Waals surface area contributed by atoms with E-state index in [2.05, 4.69) is 25.2 Å². The summed E-state index contributed by atoms with van der Waals surface area (Å²) in [5.74, 6) is 1.95. The Kier molecular flexibility index (Phi) is 4.38. The number of nitrogens with two attached hydrogens (primary N) is 1. The summed E-state index contributed by atoms with van der Waals surface area (Å²) in [6.45, 7) is 2.75. The van der Waals surface area contributed by atoms with Crippen molar-refractivity contribution in [2.45, 2.75) is 44.6 Å². The van der Waals surface area contributed by atoms with Crippen LogP contribution < -0.4 is 16.0 Å². The quantitative estimate of drug-likeness (QED) is 0.761. The van der Waals surface area contributed by atoms with Gasteiger partial charge in [-0.2, -0.15) is 15.0 Å². The summed E-state index contributed by atoms with van der Waals surface area (Å²) in [6.07, 6.45) is 6.20. The van der Waals surface area contributed by atoms with Crippen molar-refractivity contribution >= 4 is 17.8 Å². The van der Waals surface area contributed by atoms with Crippen molar-refractivity contribution in [3.8, 4) is 0 Å². The predicted octanol–water partition coefficient (Wildman–Crippen LogP) is 1.02. The molecule has 3 rings (SSSR count). The molecule has 0 spiro atoms. The summed E-state index contributed by atoms with van der Waals surface area (Å²) in [6, 6.07) is 0. The number of hydrogen-bond donors (Lipinski definition) is 3. The molecule has 1 aliphatic heterocycles. The van der Waals surface area contributed by atoms with Crippen LogP contribution in [0.2, 0.25) is 0 Å². The van der Waals surface area contributed by atoms with Gasteiger partial charge in [0.05, 0.1) is 6.10 Å². The molecule has 1 saturated carbocycles. The molecule has 2 atom stereocenters. The van der Waals surface area contributed by atoms with Crippen LogP contribution in [-0.2, 0) is 0 Å². The van der Waals surface area contributed by atoms with Crippen molar-refractivity contribution in [1.29, 1.82) is 0 Å². The lowest BCUT2D eigenvalue weighted by Crippen LogP contribution is -2.26. The van der Waals surface area contributed by atoms with Crippen LogP contribution in [0.25, 0.3) is 0 Å². The molecule has 0 amide bonds. The maximum absolute atomic E-state index is 9.71. The van der Waals surface area contributed by atoms with Crippen LogP contribution in [0.5, 0.6) is 0 Å². The minimum atomic E-state index is -0.158. The standard InChI is InChI=1S/C14H24N6O/c15-12-17-13(16-9-10-4-3-5-11(21)8-10)19-14(18-12)20-6-1-2-7-20/h10-11,21H,1-9H2,(H3,15,16,17,18,19). The van der Waals surface area contributed by atoms with E-state index in [0.29, 0.717) is 17.8 Å². The Morgan fingerprint density at radius 2 is 1.95 bits per heavy atom. The Morgan fingerprint density at radius 3 is 2.71 bits per heavy atom. The molecule has 0 aromatic carbocycles. The molecule has 21 heavy (non-hydrogen) atoms. The van der Waals surface area contributed by atoms with Crippen molar-refractivity contribution in [1.82, 2.24) is 15.0 Å². The lowest BCUT2D eigenvalue weighted by molar-refractivity contribution is 0.104. The lowest BCUT2D eigenvalue weighted by Gasteiger charge is -2.26. The van der Waals surface area contributed by atoms with Gasteiger partial charge in [-0.1, -0.05) is 6.42 Å². The molecule has 1 aromatic rings. The van der Waals surface area contributed by atoms with Gasteiger partial charge < -0.3 is 21.1 Å². The molecule has 4 N–H and O–H groups in total. The van der Waals surface area contributed by atoms with Gasteiger partial charge in [-0.3, -0.25) is 0 Å². The third kappa shape index (κ3) is 3.72. The molecule has 1 aliphatic carbocycles. The van der Waals surface area contributed by atoms with Gasteiger partial charge in [-0.15, -0.1) is 0 Å². The number of nitrogens with one attached hydrogen (secondary N) is 1. The molecule has 7 nitrogen and oxygen atoms in total. The normalized spacial score (nSPS) is 26.0. The fourth-order valence-electron chi connectivity index (χ4n) is 3.20. The second-order valence-corrected chi connectivity index (χ2v) is 6.08. The third-order valence-electron chi connectivity index (χ3n) is 4.33. The SMILES string of the molecule is Nc1nc(NCC2CCCC(O)C2)nc(N2CCCC2)n1. The number of rotatable bonds is 4. The van der Waals surface area contributed by atoms with Crippen LogP contribution in [-0.4, -0.2) is 45.8 Å². The Morgan fingerprint density at radius 1 is 1.14 bits per heavy atom. The molecule has 1 aromatic heterocycles. The molecule has 0 radical (unpaired) electrons. The largest absolute Gasteiger partial charge is 0.393 e. The number of nitrogen functional groups attached to an aromatic ring is 1. The zero-order valence-corrected chi connectivity index (χ0v) is 12.3. The Labute approximate surface area is 125 Å². The fraction of sp³-hybridized carbons (Fsp3) is 0.786. The number of nitrogens with zero attached hydrogens (tertiary/aromatic N) is 4. The van der Waals surface area contributed by atoms with Crippen molar-refractivity contribution in [2.75, 3.05) is 35.6 Å². The highest BCUT2D eigenvalue weighted by molar-refractivity contribution is 5.42. The summed E-state index contributed by atoms with van der Waals surface area (Å²) in [5, 5.41) is 13.0. The first-order valence-corrected chi connectivity index (χ1v) is 7.89. The highest BCUT2D eigenvalue weighted by Gasteiger charge is 2.21. The van der Waals surface area contributed by atoms with Crippen molar-refractivity contribution in [2.24, 2.45) is 5.92 Å². The van der Waals surface area contributed by atoms with E-state index in [-0.39, 0.29) is 12.1 Å². The minimum absolute atomic E-state index is 0.158. The first-order chi connectivity index (χ1) is 10.2. The van der Waals surface area contributed by atoms with E-state index < -0.39 is 0 Å². The third-order valence-corrected chi connectivity index (χ3v) is 4.33. The molecule has 1 saturated heterocycles. The molecule has 2 aliphatic rings. The summed E-state index contributed by atoms with van der Waals surface area (Å²) in [4.78, 5) is 15.0. The lowest BCUT2D eigenvalue weighted by atomic mass is 9.87. The van der Waals surface area contributed by atoms with Gasteiger partial charge in [0.2, 0.25) is 17.8 Å². The molecule has 0 bridgehead atoms. The Bertz CT molecular complexity index is 477. The number of aromatic nitrogens is 3. The van der Waals surface area contributed by atoms with Crippen LogP contribution in [0.1, 0.15) is 38.5 Å². The molecule has 2 unspecified atom stereocenters. The average Bonchev–Trinajstić information content (AvgIpc) is 2.99. The van der Waals surface area contributed by atoms with Gasteiger partial charge in [0, 0.05) is 19.6 Å². The minimum Gasteiger partial charge on any atom is -0.393 e. The highest BCUT2D eigenvalue weighted by atomic mass is 16.3. The van der Waals surface area contributed by atoms with E-state index in [4.69, 9.17) is 5.73 Å². The number of hydrogen-bond acceptors (Lipinski definition) is 7. The van der Waals surface area contributed by atoms with E-state index in [9.17, 15) is 5.11 Å². The van der Waals surface area contributed by atoms with E-state index in [1.54, 1.807) is 0 Å². The van der Waals surface area contributed by atoms with Gasteiger partial charge in [0.1, 0.15) is 0 Å². The summed E-state index contributed by atoms with van der Waals surface area (Å²) >= 11 is 0. The summed E-state index contributed by atoms with van der Waals surface area (Å²) < 4.78 is 0. The number of anilines is 3. The maximum Gasteiger partial charge on any atom is 0.231 e. The van der Waals surface area contributed by atoms with Crippen LogP contribution >= 0.6 is 0 Å². The Balaban J connectivity index is 1.62. The monoisotopic (exact) mass is 292 g/mol. The second kappa shape index (κ2) is 6.43. The average molecular weight is 292 g/mol. The van der Waals surface area contributed by atoms with Gasteiger partial charge in [0.25, 0.3) is 0 Å². The fourth-order valence-corrected chi connectivity index (χ4v) is 3.20. The predicted molar refractivity (Wildman–Crippen MR) is 82.1 cm³/mol. The van der Waals surface area contributed by atoms with E-state index >= 15 is 0 Å². The smallest absolute Gasteiger partial charge is 0.231 e. The Hall–Kier alpha value is -1.63. The van der Waals surface area contributed by atoms with Crippen LogP contribution in [0.4, 0.5) is 17.8 Å². The van der Waals surface area contributed by atoms with Crippen molar-refractivity contribution < 1.29 is 5.11 Å². The first kappa shape index (κ1) is 14.3. The van der Waals surface area contributed by atoms with Gasteiger partial charge in [-0.25, -0.2) is 0 Å². The first-order valence-electron chi connectivity index (χ1n) is 7.89. The topological polar surface area (TPSA) is 100 Å². The van der Waals surface area contributed by atoms with Crippen molar-refractivity contribution in [3.63, 3.8) is 0 Å². The maximum atomic E-state index is 9.71. The number of aliphatic hydroxyl groups is 1. The molecule has 2 fully saturated rings. The summed E-state index contributed by atoms with van der Waals surface area (Å²) in [5.41, 5.74) is 5.79. The zero-order chi connectivity index (χ0) is 14.7. The van der Waals surface area contributed by atoms with Crippen LogP contribution in [0.3, 0.4) is 0 Å². The summed E-state index contributed by atoms with van der Waals surface area (Å²) in [7, 11) is 0. The van der Waals surface area contributed by atoms with E-state index in [0.717, 1.165) is 45.3 Å². The zero-order valence-electron chi connectivity index (χ0n) is 12.3. The second-order valence-electron chi connectivity index (χ2n) is 6.08. The molecular weight excluding hydrogens is 268 g/mol. The van der Waals surface area contributed by atoms with Crippen LogP contribution in [0.15, 0.2) is 0 Å². The van der Waals surface area contributed by atoms with Gasteiger partial charge in [-0.05, 0) is 38.0 Å². The van der Waals surface area contributed by atoms with E-state index in [1.165, 1.54) is 12.8 Å². The van der Waals surface area contributed by atoms with E-state index in [1.807, 2.05) is 0 Å². The highest BCUT2D eigenvalue weighted by Crippen LogP contribution is 2.24. The number of aliphatic hydroxyl groups excluding tert-OH is 1. The molecule has 7 heteroatoms. The molecular formula is C14H24N6O.